The Morgan fingerprint density at radius 3 is 1.89 bits per heavy atom. The third kappa shape index (κ3) is 14.3. The van der Waals surface area contributed by atoms with E-state index in [4.69, 9.17) is 9.47 Å². The Morgan fingerprint density at radius 1 is 0.944 bits per heavy atom. The second-order valence-electron chi connectivity index (χ2n) is 9.17. The van der Waals surface area contributed by atoms with Gasteiger partial charge in [-0.1, -0.05) is 103 Å². The van der Waals surface area contributed by atoms with Gasteiger partial charge < -0.3 is 19.4 Å². The van der Waals surface area contributed by atoms with Crippen LogP contribution in [-0.2, 0) is 27.1 Å². The van der Waals surface area contributed by atoms with Gasteiger partial charge in [0.25, 0.3) is 0 Å². The SMILES string of the molecule is C/C=C/c1ccccc1.CP(C)(C)=O.O=C(N[C@@H](Cc1ccccc1)[C@H]1CO1)OCc1ccccc1. The molecule has 36 heavy (non-hydrogen) atoms. The molecule has 0 unspecified atom stereocenters. The van der Waals surface area contributed by atoms with Crippen molar-refractivity contribution in [3.05, 3.63) is 114 Å². The van der Waals surface area contributed by atoms with E-state index in [0.717, 1.165) is 12.0 Å². The molecule has 1 heterocycles. The Bertz CT molecular complexity index is 1070. The van der Waals surface area contributed by atoms with Crippen molar-refractivity contribution < 1.29 is 18.8 Å². The minimum atomic E-state index is -1.64. The minimum absolute atomic E-state index is 0.0503. The molecular weight excluding hydrogens is 469 g/mol. The third-order valence-electron chi connectivity index (χ3n) is 4.78. The van der Waals surface area contributed by atoms with Crippen molar-refractivity contribution in [1.82, 2.24) is 5.32 Å². The van der Waals surface area contributed by atoms with E-state index < -0.39 is 13.2 Å². The molecule has 3 aromatic rings. The lowest BCUT2D eigenvalue weighted by molar-refractivity contribution is 0.133. The van der Waals surface area contributed by atoms with Crippen molar-refractivity contribution in [1.29, 1.82) is 0 Å². The number of alkyl carbamates (subject to hydrolysis) is 1. The zero-order chi connectivity index (χ0) is 26.2. The number of allylic oxidation sites excluding steroid dienone is 1. The van der Waals surface area contributed by atoms with Crippen molar-refractivity contribution in [3.8, 4) is 0 Å². The van der Waals surface area contributed by atoms with Crippen LogP contribution in [0.2, 0.25) is 0 Å². The van der Waals surface area contributed by atoms with Gasteiger partial charge >= 0.3 is 6.09 Å². The number of nitrogens with one attached hydrogen (secondary N) is 1. The highest BCUT2D eigenvalue weighted by Crippen LogP contribution is 2.28. The molecule has 0 aliphatic carbocycles. The lowest BCUT2D eigenvalue weighted by atomic mass is 10.0. The normalized spacial score (nSPS) is 14.9. The Kier molecular flexibility index (Phi) is 12.7. The summed E-state index contributed by atoms with van der Waals surface area (Å²) in [5.74, 6) is 0. The molecule has 2 atom stereocenters. The maximum absolute atomic E-state index is 12.0. The van der Waals surface area contributed by atoms with Gasteiger partial charge in [0.2, 0.25) is 0 Å². The number of ether oxygens (including phenoxy) is 2. The van der Waals surface area contributed by atoms with E-state index in [0.29, 0.717) is 6.61 Å². The first-order chi connectivity index (χ1) is 17.2. The molecule has 3 aromatic carbocycles. The molecule has 0 bridgehead atoms. The highest BCUT2D eigenvalue weighted by molar-refractivity contribution is 7.61. The van der Waals surface area contributed by atoms with Crippen LogP contribution in [0.3, 0.4) is 0 Å². The summed E-state index contributed by atoms with van der Waals surface area (Å²) in [4.78, 5) is 12.0. The number of hydrogen-bond donors (Lipinski definition) is 1. The first kappa shape index (κ1) is 29.1. The summed E-state index contributed by atoms with van der Waals surface area (Å²) >= 11 is 0. The summed E-state index contributed by atoms with van der Waals surface area (Å²) in [6.07, 6.45) is 4.55. The van der Waals surface area contributed by atoms with Crippen LogP contribution < -0.4 is 5.32 Å². The first-order valence-electron chi connectivity index (χ1n) is 12.1. The Balaban J connectivity index is 0.000000268. The van der Waals surface area contributed by atoms with Crippen molar-refractivity contribution in [2.24, 2.45) is 0 Å². The first-order valence-corrected chi connectivity index (χ1v) is 15.1. The van der Waals surface area contributed by atoms with E-state index in [1.807, 2.05) is 91.9 Å². The van der Waals surface area contributed by atoms with Crippen molar-refractivity contribution in [3.63, 3.8) is 0 Å². The van der Waals surface area contributed by atoms with E-state index >= 15 is 0 Å². The topological polar surface area (TPSA) is 67.9 Å². The second-order valence-corrected chi connectivity index (χ2v) is 13.0. The molecule has 4 rings (SSSR count). The van der Waals surface area contributed by atoms with Crippen LogP contribution in [-0.4, -0.2) is 44.8 Å². The van der Waals surface area contributed by atoms with E-state index in [-0.39, 0.29) is 18.8 Å². The fraction of sp³-hybridized carbons (Fsp3) is 0.300. The molecule has 1 aliphatic heterocycles. The van der Waals surface area contributed by atoms with Gasteiger partial charge in [-0.3, -0.25) is 0 Å². The molecule has 5 nitrogen and oxygen atoms in total. The van der Waals surface area contributed by atoms with Crippen LogP contribution >= 0.6 is 7.14 Å². The second kappa shape index (κ2) is 15.8. The summed E-state index contributed by atoms with van der Waals surface area (Å²) in [5, 5.41) is 2.91. The van der Waals surface area contributed by atoms with Gasteiger partial charge in [-0.05, 0) is 50.0 Å². The molecule has 192 valence electrons. The standard InChI is InChI=1S/C18H19NO3.C9H10.C3H9OP/c20-18(22-12-15-9-5-2-6-10-15)19-16(17-13-21-17)11-14-7-3-1-4-8-14;1-2-6-9-7-4-3-5-8-9;1-5(2,3)4/h1-10,16-17H,11-13H2,(H,19,20);2-8H,1H3;1-3H3/b;6-2+;/t16-,17+;;/m0../s1. The highest BCUT2D eigenvalue weighted by Gasteiger charge is 2.34. The lowest BCUT2D eigenvalue weighted by Gasteiger charge is -2.16. The van der Waals surface area contributed by atoms with Crippen LogP contribution in [0, 0.1) is 0 Å². The summed E-state index contributed by atoms with van der Waals surface area (Å²) in [6, 6.07) is 29.9. The molecule has 1 amide bonds. The zero-order valence-electron chi connectivity index (χ0n) is 21.7. The van der Waals surface area contributed by atoms with E-state index in [2.05, 4.69) is 23.5 Å². The number of rotatable bonds is 7. The molecule has 1 aliphatic rings. The molecular formula is C30H38NO4P. The van der Waals surface area contributed by atoms with Crippen molar-refractivity contribution >= 4 is 19.3 Å². The molecule has 0 saturated carbocycles. The predicted molar refractivity (Wildman–Crippen MR) is 150 cm³/mol. The van der Waals surface area contributed by atoms with Gasteiger partial charge in [0, 0.05) is 0 Å². The van der Waals surface area contributed by atoms with Gasteiger partial charge in [0.05, 0.1) is 19.8 Å². The van der Waals surface area contributed by atoms with Gasteiger partial charge in [-0.25, -0.2) is 4.79 Å². The van der Waals surface area contributed by atoms with Crippen LogP contribution in [0.25, 0.3) is 6.08 Å². The number of hydrogen-bond acceptors (Lipinski definition) is 4. The summed E-state index contributed by atoms with van der Waals surface area (Å²) in [5.41, 5.74) is 3.41. The fourth-order valence-corrected chi connectivity index (χ4v) is 3.10. The maximum Gasteiger partial charge on any atom is 0.407 e. The lowest BCUT2D eigenvalue weighted by Crippen LogP contribution is -2.40. The number of benzene rings is 3. The third-order valence-corrected chi connectivity index (χ3v) is 4.78. The Labute approximate surface area is 215 Å². The van der Waals surface area contributed by atoms with E-state index in [9.17, 15) is 9.36 Å². The van der Waals surface area contributed by atoms with Gasteiger partial charge in [-0.15, -0.1) is 0 Å². The Morgan fingerprint density at radius 2 is 1.42 bits per heavy atom. The monoisotopic (exact) mass is 507 g/mol. The summed E-state index contributed by atoms with van der Waals surface area (Å²) in [6.45, 7) is 8.21. The van der Waals surface area contributed by atoms with E-state index in [1.54, 1.807) is 20.0 Å². The maximum atomic E-state index is 12.0. The Hall–Kier alpha value is -3.14. The fourth-order valence-electron chi connectivity index (χ4n) is 3.10. The number of carbonyl (C=O) groups is 1. The molecule has 6 heteroatoms. The smallest absolute Gasteiger partial charge is 0.407 e. The number of amides is 1. The minimum Gasteiger partial charge on any atom is -0.445 e. The molecule has 1 saturated heterocycles. The van der Waals surface area contributed by atoms with Crippen LogP contribution in [0.5, 0.6) is 0 Å². The highest BCUT2D eigenvalue weighted by atomic mass is 31.2. The number of carbonyl (C=O) groups excluding carboxylic acids is 1. The van der Waals surface area contributed by atoms with Crippen LogP contribution in [0.15, 0.2) is 97.1 Å². The van der Waals surface area contributed by atoms with E-state index in [1.165, 1.54) is 11.1 Å². The van der Waals surface area contributed by atoms with Gasteiger partial charge in [0.1, 0.15) is 12.7 Å². The summed E-state index contributed by atoms with van der Waals surface area (Å²) in [7, 11) is -1.64. The predicted octanol–water partition coefficient (Wildman–Crippen LogP) is 6.88. The van der Waals surface area contributed by atoms with Crippen molar-refractivity contribution in [2.45, 2.75) is 32.1 Å². The molecule has 0 aromatic heterocycles. The van der Waals surface area contributed by atoms with Gasteiger partial charge in [-0.2, -0.15) is 0 Å². The molecule has 0 radical (unpaired) electrons. The molecule has 0 spiro atoms. The quantitative estimate of drug-likeness (QED) is 0.280. The van der Waals surface area contributed by atoms with Crippen molar-refractivity contribution in [2.75, 3.05) is 26.6 Å². The average Bonchev–Trinajstić information content (AvgIpc) is 3.70. The number of epoxide rings is 1. The average molecular weight is 508 g/mol. The van der Waals surface area contributed by atoms with Crippen LogP contribution in [0.4, 0.5) is 4.79 Å². The molecule has 1 N–H and O–H groups in total. The largest absolute Gasteiger partial charge is 0.445 e. The van der Waals surface area contributed by atoms with Gasteiger partial charge in [0.15, 0.2) is 0 Å². The summed E-state index contributed by atoms with van der Waals surface area (Å²) < 4.78 is 20.8. The van der Waals surface area contributed by atoms with Crippen LogP contribution in [0.1, 0.15) is 23.6 Å². The zero-order valence-corrected chi connectivity index (χ0v) is 22.6. The molecule has 1 fully saturated rings.